The summed E-state index contributed by atoms with van der Waals surface area (Å²) in [5.41, 5.74) is 2.18. The van der Waals surface area contributed by atoms with E-state index in [1.165, 1.54) is 10.9 Å². The molecule has 2 aromatic rings. The lowest BCUT2D eigenvalue weighted by Gasteiger charge is -2.27. The van der Waals surface area contributed by atoms with Gasteiger partial charge < -0.3 is 9.73 Å². The summed E-state index contributed by atoms with van der Waals surface area (Å²) in [6, 6.07) is 8.48. The highest BCUT2D eigenvalue weighted by atomic mass is 32.2. The number of hydrogen-bond donors (Lipinski definition) is 1. The minimum absolute atomic E-state index is 0.0759. The van der Waals surface area contributed by atoms with Gasteiger partial charge in [0.15, 0.2) is 0 Å². The van der Waals surface area contributed by atoms with Gasteiger partial charge in [-0.05, 0) is 19.4 Å². The van der Waals surface area contributed by atoms with Crippen LogP contribution in [-0.4, -0.2) is 21.8 Å². The van der Waals surface area contributed by atoms with Crippen LogP contribution in [-0.2, 0) is 17.2 Å². The fourth-order valence-electron chi connectivity index (χ4n) is 2.89. The summed E-state index contributed by atoms with van der Waals surface area (Å²) in [4.78, 5) is 0. The molecule has 2 heterocycles. The Morgan fingerprint density at radius 3 is 2.89 bits per heavy atom. The van der Waals surface area contributed by atoms with Gasteiger partial charge in [0.2, 0.25) is 0 Å². The molecule has 4 heteroatoms. The standard InChI is InChI=1S/C15H19NO2S/c1-3-11-12-6-4-5-7-14(12)18-15(11)13-9-19(17)8-10(2)16-13/h4-7,10,13,16H,3,8-9H2,1-2H3. The second-order valence-electron chi connectivity index (χ2n) is 5.19. The van der Waals surface area contributed by atoms with Crippen LogP contribution in [0.15, 0.2) is 28.7 Å². The van der Waals surface area contributed by atoms with Gasteiger partial charge in [0.05, 0.1) is 6.04 Å². The summed E-state index contributed by atoms with van der Waals surface area (Å²) in [5, 5.41) is 4.70. The normalized spacial score (nSPS) is 27.8. The average Bonchev–Trinajstić information content (AvgIpc) is 2.76. The van der Waals surface area contributed by atoms with Gasteiger partial charge in [0, 0.05) is 39.3 Å². The molecule has 0 aliphatic carbocycles. The number of furan rings is 1. The van der Waals surface area contributed by atoms with E-state index in [2.05, 4.69) is 25.2 Å². The summed E-state index contributed by atoms with van der Waals surface area (Å²) < 4.78 is 17.9. The molecule has 19 heavy (non-hydrogen) atoms. The van der Waals surface area contributed by atoms with Crippen molar-refractivity contribution in [2.24, 2.45) is 0 Å². The van der Waals surface area contributed by atoms with Crippen molar-refractivity contribution in [1.29, 1.82) is 0 Å². The van der Waals surface area contributed by atoms with Gasteiger partial charge in [-0.3, -0.25) is 4.21 Å². The van der Waals surface area contributed by atoms with Crippen LogP contribution in [0.3, 0.4) is 0 Å². The molecule has 1 fully saturated rings. The van der Waals surface area contributed by atoms with Gasteiger partial charge in [-0.25, -0.2) is 0 Å². The predicted octanol–water partition coefficient (Wildman–Crippen LogP) is 2.78. The van der Waals surface area contributed by atoms with E-state index in [0.717, 1.165) is 23.5 Å². The van der Waals surface area contributed by atoms with Crippen molar-refractivity contribution in [2.45, 2.75) is 32.4 Å². The average molecular weight is 277 g/mol. The first-order chi connectivity index (χ1) is 9.19. The lowest BCUT2D eigenvalue weighted by Crippen LogP contribution is -2.43. The van der Waals surface area contributed by atoms with Crippen LogP contribution >= 0.6 is 0 Å². The Morgan fingerprint density at radius 2 is 2.16 bits per heavy atom. The molecule has 1 aromatic heterocycles. The van der Waals surface area contributed by atoms with Gasteiger partial charge >= 0.3 is 0 Å². The van der Waals surface area contributed by atoms with Gasteiger partial charge in [-0.15, -0.1) is 0 Å². The van der Waals surface area contributed by atoms with Crippen LogP contribution in [0.1, 0.15) is 31.2 Å². The first-order valence-electron chi connectivity index (χ1n) is 6.80. The molecule has 0 amide bonds. The molecule has 102 valence electrons. The summed E-state index contributed by atoms with van der Waals surface area (Å²) >= 11 is 0. The van der Waals surface area contributed by atoms with Gasteiger partial charge in [0.1, 0.15) is 11.3 Å². The molecule has 3 nitrogen and oxygen atoms in total. The second kappa shape index (κ2) is 5.10. The highest BCUT2D eigenvalue weighted by Gasteiger charge is 2.29. The van der Waals surface area contributed by atoms with Crippen molar-refractivity contribution in [1.82, 2.24) is 5.32 Å². The molecule has 0 bridgehead atoms. The van der Waals surface area contributed by atoms with Crippen LogP contribution < -0.4 is 5.32 Å². The first-order valence-corrected chi connectivity index (χ1v) is 8.29. The molecule has 3 unspecified atom stereocenters. The third kappa shape index (κ3) is 2.35. The minimum atomic E-state index is -0.755. The zero-order valence-corrected chi connectivity index (χ0v) is 12.1. The molecule has 0 radical (unpaired) electrons. The monoisotopic (exact) mass is 277 g/mol. The number of para-hydroxylation sites is 1. The van der Waals surface area contributed by atoms with E-state index >= 15 is 0 Å². The van der Waals surface area contributed by atoms with E-state index in [1.807, 2.05) is 18.2 Å². The minimum Gasteiger partial charge on any atom is -0.459 e. The van der Waals surface area contributed by atoms with Crippen LogP contribution in [0.5, 0.6) is 0 Å². The molecule has 3 atom stereocenters. The number of rotatable bonds is 2. The van der Waals surface area contributed by atoms with E-state index in [0.29, 0.717) is 5.75 Å². The maximum Gasteiger partial charge on any atom is 0.134 e. The summed E-state index contributed by atoms with van der Waals surface area (Å²) in [6.07, 6.45) is 0.936. The summed E-state index contributed by atoms with van der Waals surface area (Å²) in [5.74, 6) is 2.36. The molecule has 1 aliphatic rings. The summed E-state index contributed by atoms with van der Waals surface area (Å²) in [7, 11) is -0.755. The zero-order valence-electron chi connectivity index (χ0n) is 11.3. The largest absolute Gasteiger partial charge is 0.459 e. The molecule has 1 N–H and O–H groups in total. The van der Waals surface area contributed by atoms with Crippen LogP contribution in [0.2, 0.25) is 0 Å². The van der Waals surface area contributed by atoms with E-state index in [-0.39, 0.29) is 12.1 Å². The van der Waals surface area contributed by atoms with E-state index in [4.69, 9.17) is 4.42 Å². The zero-order chi connectivity index (χ0) is 13.4. The van der Waals surface area contributed by atoms with Crippen molar-refractivity contribution in [3.05, 3.63) is 35.6 Å². The van der Waals surface area contributed by atoms with Crippen LogP contribution in [0.4, 0.5) is 0 Å². The Morgan fingerprint density at radius 1 is 1.37 bits per heavy atom. The Labute approximate surface area is 115 Å². The Kier molecular flexibility index (Phi) is 3.46. The lowest BCUT2D eigenvalue weighted by atomic mass is 10.0. The molecule has 0 spiro atoms. The van der Waals surface area contributed by atoms with Crippen molar-refractivity contribution in [2.75, 3.05) is 11.5 Å². The Balaban J connectivity index is 2.06. The second-order valence-corrected chi connectivity index (χ2v) is 6.73. The molecule has 1 aromatic carbocycles. The van der Waals surface area contributed by atoms with Crippen molar-refractivity contribution >= 4 is 21.8 Å². The molecular weight excluding hydrogens is 258 g/mol. The third-order valence-electron chi connectivity index (χ3n) is 3.67. The first kappa shape index (κ1) is 12.9. The predicted molar refractivity (Wildman–Crippen MR) is 78.8 cm³/mol. The van der Waals surface area contributed by atoms with Gasteiger partial charge in [0.25, 0.3) is 0 Å². The maximum atomic E-state index is 11.9. The molecular formula is C15H19NO2S. The fourth-order valence-corrected chi connectivity index (χ4v) is 4.30. The molecule has 3 rings (SSSR count). The van der Waals surface area contributed by atoms with Gasteiger partial charge in [-0.2, -0.15) is 0 Å². The number of hydrogen-bond acceptors (Lipinski definition) is 3. The number of benzene rings is 1. The fraction of sp³-hybridized carbons (Fsp3) is 0.467. The van der Waals surface area contributed by atoms with Crippen molar-refractivity contribution in [3.63, 3.8) is 0 Å². The number of nitrogens with one attached hydrogen (secondary N) is 1. The van der Waals surface area contributed by atoms with Crippen molar-refractivity contribution in [3.8, 4) is 0 Å². The number of fused-ring (bicyclic) bond motifs is 1. The Bertz CT molecular complexity index is 620. The van der Waals surface area contributed by atoms with Crippen LogP contribution in [0.25, 0.3) is 11.0 Å². The molecule has 0 saturated carbocycles. The summed E-state index contributed by atoms with van der Waals surface area (Å²) in [6.45, 7) is 4.22. The van der Waals surface area contributed by atoms with E-state index < -0.39 is 10.8 Å². The molecule has 1 saturated heterocycles. The van der Waals surface area contributed by atoms with Gasteiger partial charge in [-0.1, -0.05) is 25.1 Å². The van der Waals surface area contributed by atoms with E-state index in [9.17, 15) is 4.21 Å². The third-order valence-corrected chi connectivity index (χ3v) is 5.25. The van der Waals surface area contributed by atoms with Crippen molar-refractivity contribution < 1.29 is 8.63 Å². The topological polar surface area (TPSA) is 42.2 Å². The smallest absolute Gasteiger partial charge is 0.134 e. The lowest BCUT2D eigenvalue weighted by molar-refractivity contribution is 0.412. The SMILES string of the molecule is CCc1c(C2CS(=O)CC(C)N2)oc2ccccc12. The highest BCUT2D eigenvalue weighted by Crippen LogP contribution is 2.32. The number of aryl methyl sites for hydroxylation is 1. The Hall–Kier alpha value is -1.13. The van der Waals surface area contributed by atoms with E-state index in [1.54, 1.807) is 0 Å². The van der Waals surface area contributed by atoms with Crippen LogP contribution in [0, 0.1) is 0 Å². The molecule has 1 aliphatic heterocycles. The highest BCUT2D eigenvalue weighted by molar-refractivity contribution is 7.85. The maximum absolute atomic E-state index is 11.9. The quantitative estimate of drug-likeness (QED) is 0.918.